The maximum Gasteiger partial charge on any atom is 0.341 e. The molecular formula is C15H19NO4. The van der Waals surface area contributed by atoms with Crippen LogP contribution in [0.3, 0.4) is 0 Å². The first kappa shape index (κ1) is 14.4. The van der Waals surface area contributed by atoms with Gasteiger partial charge in [0, 0.05) is 17.7 Å². The van der Waals surface area contributed by atoms with Crippen molar-refractivity contribution in [3.8, 4) is 5.75 Å². The van der Waals surface area contributed by atoms with E-state index in [2.05, 4.69) is 5.32 Å². The summed E-state index contributed by atoms with van der Waals surface area (Å²) in [5, 5.41) is 11.4. The topological polar surface area (TPSA) is 75.6 Å². The number of hydrogen-bond donors (Lipinski definition) is 2. The van der Waals surface area contributed by atoms with Crippen LogP contribution in [0.15, 0.2) is 24.3 Å². The lowest BCUT2D eigenvalue weighted by molar-refractivity contribution is -0.139. The summed E-state index contributed by atoms with van der Waals surface area (Å²) in [6.07, 6.45) is 5.32. The fraction of sp³-hybridized carbons (Fsp3) is 0.467. The van der Waals surface area contributed by atoms with E-state index in [9.17, 15) is 9.59 Å². The third kappa shape index (κ3) is 4.26. The second-order valence-electron chi connectivity index (χ2n) is 5.03. The van der Waals surface area contributed by atoms with E-state index in [1.165, 1.54) is 6.42 Å². The molecule has 108 valence electrons. The Morgan fingerprint density at radius 3 is 2.70 bits per heavy atom. The smallest absolute Gasteiger partial charge is 0.341 e. The van der Waals surface area contributed by atoms with Crippen LogP contribution >= 0.6 is 0 Å². The third-order valence-electron chi connectivity index (χ3n) is 3.44. The zero-order valence-corrected chi connectivity index (χ0v) is 11.3. The molecule has 0 aromatic heterocycles. The van der Waals surface area contributed by atoms with Crippen LogP contribution < -0.4 is 10.1 Å². The molecule has 0 spiro atoms. The first-order chi connectivity index (χ1) is 9.65. The first-order valence-electron chi connectivity index (χ1n) is 6.90. The minimum Gasteiger partial charge on any atom is -0.482 e. The molecule has 1 aliphatic rings. The highest BCUT2D eigenvalue weighted by molar-refractivity contribution is 5.92. The molecule has 1 amide bonds. The number of rotatable bonds is 5. The van der Waals surface area contributed by atoms with Crippen molar-refractivity contribution in [2.45, 2.75) is 32.1 Å². The molecule has 5 heteroatoms. The van der Waals surface area contributed by atoms with Crippen LogP contribution in [-0.2, 0) is 9.59 Å². The molecule has 0 saturated heterocycles. The summed E-state index contributed by atoms with van der Waals surface area (Å²) >= 11 is 0. The normalized spacial score (nSPS) is 15.6. The van der Waals surface area contributed by atoms with Gasteiger partial charge in [0.05, 0.1) is 0 Å². The molecule has 20 heavy (non-hydrogen) atoms. The maximum atomic E-state index is 12.1. The molecule has 1 saturated carbocycles. The quantitative estimate of drug-likeness (QED) is 0.867. The molecule has 0 unspecified atom stereocenters. The Morgan fingerprint density at radius 1 is 1.25 bits per heavy atom. The number of nitrogens with one attached hydrogen (secondary N) is 1. The molecule has 1 aromatic carbocycles. The number of anilines is 1. The zero-order chi connectivity index (χ0) is 14.4. The number of amides is 1. The lowest BCUT2D eigenvalue weighted by atomic mass is 9.88. The van der Waals surface area contributed by atoms with E-state index in [4.69, 9.17) is 9.84 Å². The van der Waals surface area contributed by atoms with Gasteiger partial charge in [0.1, 0.15) is 5.75 Å². The summed E-state index contributed by atoms with van der Waals surface area (Å²) in [6.45, 7) is -0.389. The molecule has 0 aliphatic heterocycles. The van der Waals surface area contributed by atoms with Crippen LogP contribution in [0.25, 0.3) is 0 Å². The summed E-state index contributed by atoms with van der Waals surface area (Å²) in [5.74, 6) is -0.456. The van der Waals surface area contributed by atoms with E-state index in [1.54, 1.807) is 24.3 Å². The molecule has 5 nitrogen and oxygen atoms in total. The van der Waals surface area contributed by atoms with E-state index in [0.717, 1.165) is 25.7 Å². The standard InChI is InChI=1S/C15H19NO4/c17-14(18)10-20-13-8-4-7-12(9-13)16-15(19)11-5-2-1-3-6-11/h4,7-9,11H,1-3,5-6,10H2,(H,16,19)(H,17,18). The van der Waals surface area contributed by atoms with E-state index in [-0.39, 0.29) is 18.4 Å². The monoisotopic (exact) mass is 277 g/mol. The molecule has 0 heterocycles. The number of ether oxygens (including phenoxy) is 1. The van der Waals surface area contributed by atoms with E-state index in [1.807, 2.05) is 0 Å². The van der Waals surface area contributed by atoms with Gasteiger partial charge in [0.15, 0.2) is 6.61 Å². The molecule has 2 N–H and O–H groups in total. The summed E-state index contributed by atoms with van der Waals surface area (Å²) in [7, 11) is 0. The Balaban J connectivity index is 1.93. The highest BCUT2D eigenvalue weighted by atomic mass is 16.5. The van der Waals surface area contributed by atoms with Crippen LogP contribution in [0, 0.1) is 5.92 Å². The Kier molecular flexibility index (Phi) is 4.98. The van der Waals surface area contributed by atoms with Gasteiger partial charge in [-0.3, -0.25) is 4.79 Å². The molecular weight excluding hydrogens is 258 g/mol. The van der Waals surface area contributed by atoms with Gasteiger partial charge in [0.2, 0.25) is 5.91 Å². The van der Waals surface area contributed by atoms with Gasteiger partial charge in [-0.2, -0.15) is 0 Å². The zero-order valence-electron chi connectivity index (χ0n) is 11.3. The van der Waals surface area contributed by atoms with Gasteiger partial charge in [-0.25, -0.2) is 4.79 Å². The van der Waals surface area contributed by atoms with E-state index < -0.39 is 5.97 Å². The Labute approximate surface area is 117 Å². The van der Waals surface area contributed by atoms with Crippen LogP contribution in [0.5, 0.6) is 5.75 Å². The van der Waals surface area contributed by atoms with Gasteiger partial charge in [-0.15, -0.1) is 0 Å². The molecule has 0 radical (unpaired) electrons. The van der Waals surface area contributed by atoms with Gasteiger partial charge in [0.25, 0.3) is 0 Å². The first-order valence-corrected chi connectivity index (χ1v) is 6.90. The van der Waals surface area contributed by atoms with Gasteiger partial charge in [-0.1, -0.05) is 25.3 Å². The highest BCUT2D eigenvalue weighted by Crippen LogP contribution is 2.25. The lowest BCUT2D eigenvalue weighted by Gasteiger charge is -2.20. The average molecular weight is 277 g/mol. The Morgan fingerprint density at radius 2 is 2.00 bits per heavy atom. The number of carboxylic acid groups (broad SMARTS) is 1. The van der Waals surface area contributed by atoms with Crippen molar-refractivity contribution < 1.29 is 19.4 Å². The maximum absolute atomic E-state index is 12.1. The molecule has 1 aromatic rings. The number of carbonyl (C=O) groups excluding carboxylic acids is 1. The SMILES string of the molecule is O=C(O)COc1cccc(NC(=O)C2CCCCC2)c1. The molecule has 1 fully saturated rings. The van der Waals surface area contributed by atoms with Crippen LogP contribution in [-0.4, -0.2) is 23.6 Å². The van der Waals surface area contributed by atoms with Gasteiger partial charge in [-0.05, 0) is 25.0 Å². The summed E-state index contributed by atoms with van der Waals surface area (Å²) in [5.41, 5.74) is 0.642. The van der Waals surface area contributed by atoms with E-state index >= 15 is 0 Å². The van der Waals surface area contributed by atoms with E-state index in [0.29, 0.717) is 11.4 Å². The Hall–Kier alpha value is -2.04. The summed E-state index contributed by atoms with van der Waals surface area (Å²) < 4.78 is 5.08. The summed E-state index contributed by atoms with van der Waals surface area (Å²) in [6, 6.07) is 6.81. The van der Waals surface area contributed by atoms with Crippen molar-refractivity contribution in [1.29, 1.82) is 0 Å². The van der Waals surface area contributed by atoms with Crippen molar-refractivity contribution in [2.24, 2.45) is 5.92 Å². The number of benzene rings is 1. The fourth-order valence-electron chi connectivity index (χ4n) is 2.42. The molecule has 0 bridgehead atoms. The third-order valence-corrected chi connectivity index (χ3v) is 3.44. The van der Waals surface area contributed by atoms with Crippen molar-refractivity contribution in [3.63, 3.8) is 0 Å². The van der Waals surface area contributed by atoms with Crippen molar-refractivity contribution in [1.82, 2.24) is 0 Å². The highest BCUT2D eigenvalue weighted by Gasteiger charge is 2.21. The van der Waals surface area contributed by atoms with Crippen LogP contribution in [0.1, 0.15) is 32.1 Å². The second kappa shape index (κ2) is 6.93. The van der Waals surface area contributed by atoms with Gasteiger partial charge < -0.3 is 15.2 Å². The minimum atomic E-state index is -1.03. The molecule has 1 aliphatic carbocycles. The van der Waals surface area contributed by atoms with Crippen LogP contribution in [0.4, 0.5) is 5.69 Å². The average Bonchev–Trinajstić information content (AvgIpc) is 2.46. The second-order valence-corrected chi connectivity index (χ2v) is 5.03. The summed E-state index contributed by atoms with van der Waals surface area (Å²) in [4.78, 5) is 22.5. The van der Waals surface area contributed by atoms with Crippen molar-refractivity contribution in [2.75, 3.05) is 11.9 Å². The largest absolute Gasteiger partial charge is 0.482 e. The predicted molar refractivity (Wildman–Crippen MR) is 74.8 cm³/mol. The number of aliphatic carboxylic acids is 1. The number of carbonyl (C=O) groups is 2. The molecule has 2 rings (SSSR count). The van der Waals surface area contributed by atoms with Gasteiger partial charge >= 0.3 is 5.97 Å². The number of carboxylic acids is 1. The van der Waals surface area contributed by atoms with Crippen LogP contribution in [0.2, 0.25) is 0 Å². The predicted octanol–water partition coefficient (Wildman–Crippen LogP) is 2.67. The fourth-order valence-corrected chi connectivity index (χ4v) is 2.42. The van der Waals surface area contributed by atoms with Crippen molar-refractivity contribution in [3.05, 3.63) is 24.3 Å². The van der Waals surface area contributed by atoms with Crippen molar-refractivity contribution >= 4 is 17.6 Å². The lowest BCUT2D eigenvalue weighted by Crippen LogP contribution is -2.24. The number of hydrogen-bond acceptors (Lipinski definition) is 3. The Bertz CT molecular complexity index is 481. The minimum absolute atomic E-state index is 0.0417. The molecule has 0 atom stereocenters.